The smallest absolute Gasteiger partial charge is 0.220 e. The van der Waals surface area contributed by atoms with Crippen LogP contribution in [0.5, 0.6) is 0 Å². The van der Waals surface area contributed by atoms with Gasteiger partial charge in [0.15, 0.2) is 0 Å². The van der Waals surface area contributed by atoms with Crippen molar-refractivity contribution in [3.8, 4) is 0 Å². The number of fused-ring (bicyclic) bond motifs is 8. The quantitative estimate of drug-likeness (QED) is 0.141. The molecule has 5 N–H and O–H groups in total. The largest absolute Gasteiger partial charge is 0.395 e. The topological polar surface area (TPSA) is 136 Å². The highest BCUT2D eigenvalue weighted by atomic mass is 16.3. The number of nitrogens with zero attached hydrogens (tertiary/aromatic N) is 2. The molecule has 9 heteroatoms. The molecule has 0 aliphatic carbocycles. The first-order valence-electron chi connectivity index (χ1n) is 16.7. The van der Waals surface area contributed by atoms with Crippen molar-refractivity contribution in [1.82, 2.24) is 30.6 Å². The summed E-state index contributed by atoms with van der Waals surface area (Å²) in [5.74, 6) is -0.124. The first-order valence-corrected chi connectivity index (χ1v) is 16.7. The molecule has 3 aromatic heterocycles. The van der Waals surface area contributed by atoms with Crippen LogP contribution in [0.3, 0.4) is 0 Å². The first kappa shape index (κ1) is 34.3. The number of aryl methyl sites for hydroxylation is 2. The summed E-state index contributed by atoms with van der Waals surface area (Å²) in [7, 11) is 0. The van der Waals surface area contributed by atoms with Crippen LogP contribution in [0.1, 0.15) is 97.9 Å². The summed E-state index contributed by atoms with van der Waals surface area (Å²) in [6, 6.07) is 8.20. The van der Waals surface area contributed by atoms with E-state index in [-0.39, 0.29) is 31.4 Å². The lowest BCUT2D eigenvalue weighted by molar-refractivity contribution is -0.121. The van der Waals surface area contributed by atoms with Crippen molar-refractivity contribution in [3.05, 3.63) is 82.5 Å². The number of allylic oxidation sites excluding steroid dienone is 4. The van der Waals surface area contributed by atoms with Gasteiger partial charge in [0.05, 0.1) is 29.4 Å². The number of rotatable bonds is 12. The highest BCUT2D eigenvalue weighted by Gasteiger charge is 2.23. The molecular formula is C39H46N6O3. The number of nitrogens with one attached hydrogen (secondary N) is 4. The number of aliphatic hydroxyl groups is 1. The number of aliphatic hydroxyl groups excluding tert-OH is 1. The van der Waals surface area contributed by atoms with Gasteiger partial charge >= 0.3 is 0 Å². The Labute approximate surface area is 282 Å². The van der Waals surface area contributed by atoms with Crippen molar-refractivity contribution >= 4 is 68.3 Å². The maximum absolute atomic E-state index is 12.7. The van der Waals surface area contributed by atoms with Crippen molar-refractivity contribution in [3.63, 3.8) is 0 Å². The number of amides is 2. The molecule has 0 saturated carbocycles. The van der Waals surface area contributed by atoms with Gasteiger partial charge in [-0.3, -0.25) is 9.59 Å². The molecule has 0 aromatic carbocycles. The first-order chi connectivity index (χ1) is 23.1. The normalized spacial score (nSPS) is 12.8. The summed E-state index contributed by atoms with van der Waals surface area (Å²) in [4.78, 5) is 42.7. The van der Waals surface area contributed by atoms with E-state index < -0.39 is 0 Å². The molecule has 9 nitrogen and oxygen atoms in total. The van der Waals surface area contributed by atoms with Crippen molar-refractivity contribution in [2.24, 2.45) is 0 Å². The van der Waals surface area contributed by atoms with E-state index in [1.807, 2.05) is 32.1 Å². The fraction of sp³-hybridized carbons (Fsp3) is 0.333. The van der Waals surface area contributed by atoms with Crippen LogP contribution >= 0.6 is 0 Å². The van der Waals surface area contributed by atoms with Crippen LogP contribution in [0.15, 0.2) is 37.4 Å². The van der Waals surface area contributed by atoms with Gasteiger partial charge in [0.25, 0.3) is 0 Å². The van der Waals surface area contributed by atoms with Crippen molar-refractivity contribution in [2.75, 3.05) is 19.7 Å². The molecule has 0 unspecified atom stereocenters. The van der Waals surface area contributed by atoms with Gasteiger partial charge in [-0.2, -0.15) is 0 Å². The van der Waals surface area contributed by atoms with E-state index >= 15 is 0 Å². The Morgan fingerprint density at radius 1 is 0.708 bits per heavy atom. The zero-order chi connectivity index (χ0) is 34.5. The van der Waals surface area contributed by atoms with E-state index in [9.17, 15) is 14.7 Å². The average Bonchev–Trinajstić information content (AvgIpc) is 3.73. The fourth-order valence-electron chi connectivity index (χ4n) is 6.42. The van der Waals surface area contributed by atoms with Crippen LogP contribution in [-0.4, -0.2) is 56.6 Å². The van der Waals surface area contributed by atoms with E-state index in [1.54, 1.807) is 0 Å². The second kappa shape index (κ2) is 14.8. The maximum Gasteiger partial charge on any atom is 0.220 e. The highest BCUT2D eigenvalue weighted by Crippen LogP contribution is 2.38. The molecule has 0 saturated heterocycles. The van der Waals surface area contributed by atoms with Gasteiger partial charge in [-0.15, -0.1) is 0 Å². The van der Waals surface area contributed by atoms with Gasteiger partial charge in [0.1, 0.15) is 0 Å². The molecular weight excluding hydrogens is 600 g/mol. The molecule has 48 heavy (non-hydrogen) atoms. The molecule has 0 radical (unpaired) electrons. The van der Waals surface area contributed by atoms with Crippen LogP contribution in [0.25, 0.3) is 56.5 Å². The van der Waals surface area contributed by atoms with Crippen molar-refractivity contribution in [1.29, 1.82) is 0 Å². The molecule has 0 spiro atoms. The fourth-order valence-corrected chi connectivity index (χ4v) is 6.42. The van der Waals surface area contributed by atoms with Crippen LogP contribution in [-0.2, 0) is 9.59 Å². The van der Waals surface area contributed by atoms with Gasteiger partial charge < -0.3 is 25.7 Å². The zero-order valence-electron chi connectivity index (χ0n) is 28.7. The van der Waals surface area contributed by atoms with E-state index in [0.29, 0.717) is 25.8 Å². The highest BCUT2D eigenvalue weighted by molar-refractivity contribution is 5.97. The van der Waals surface area contributed by atoms with Gasteiger partial charge in [-0.1, -0.05) is 32.2 Å². The number of carbonyl (C=O) groups is 2. The lowest BCUT2D eigenvalue weighted by Gasteiger charge is -2.08. The van der Waals surface area contributed by atoms with Gasteiger partial charge in [-0.25, -0.2) is 9.97 Å². The SMILES string of the molecule is C=Cc1c(C)c2cc3[nH]c(cc4nc(cc5nc(cc1[nH]2)C(C)=C5CCC(=O)NCCC)C(CCC(=O)NCCO)=C4C)c(C)c3C=C. The third-order valence-electron chi connectivity index (χ3n) is 9.25. The predicted molar refractivity (Wildman–Crippen MR) is 197 cm³/mol. The number of aromatic amines is 2. The Bertz CT molecular complexity index is 2020. The average molecular weight is 647 g/mol. The Kier molecular flexibility index (Phi) is 10.6. The summed E-state index contributed by atoms with van der Waals surface area (Å²) in [5.41, 5.74) is 14.9. The standard InChI is InChI=1S/C39H46N6O3/c1-8-15-40-38(47)13-11-29-25(7)33-20-35-27(10-3)23(5)32(43-35)19-34-26(9-2)22(4)30(42-34)18-31-24(6)28(12-14-39(48)41-16-17-46)36(44-31)21-37(29)45-33/h9-10,18-21,42-43,46H,2-3,8,11-17H2,1,4-7H3,(H,40,47)(H,41,48). The van der Waals surface area contributed by atoms with E-state index in [2.05, 4.69) is 72.7 Å². The molecule has 5 heterocycles. The Morgan fingerprint density at radius 3 is 1.65 bits per heavy atom. The molecule has 5 rings (SSSR count). The second-order valence-corrected chi connectivity index (χ2v) is 12.4. The summed E-state index contributed by atoms with van der Waals surface area (Å²) in [5, 5.41) is 14.9. The van der Waals surface area contributed by atoms with Crippen molar-refractivity contribution in [2.45, 2.75) is 66.7 Å². The molecule has 3 aromatic rings. The summed E-state index contributed by atoms with van der Waals surface area (Å²) >= 11 is 0. The number of hydrogen-bond acceptors (Lipinski definition) is 5. The summed E-state index contributed by atoms with van der Waals surface area (Å²) in [6.45, 7) is 19.2. The minimum absolute atomic E-state index is 0.00887. The van der Waals surface area contributed by atoms with Crippen LogP contribution in [0, 0.1) is 13.8 Å². The van der Waals surface area contributed by atoms with Gasteiger partial charge in [0.2, 0.25) is 11.8 Å². The monoisotopic (exact) mass is 646 g/mol. The van der Waals surface area contributed by atoms with E-state index in [1.165, 1.54) is 0 Å². The second-order valence-electron chi connectivity index (χ2n) is 12.4. The Balaban J connectivity index is 1.79. The maximum atomic E-state index is 12.7. The lowest BCUT2D eigenvalue weighted by atomic mass is 9.98. The molecule has 8 bridgehead atoms. The third-order valence-corrected chi connectivity index (χ3v) is 9.25. The molecule has 2 amide bonds. The third kappa shape index (κ3) is 6.96. The molecule has 2 aliphatic heterocycles. The van der Waals surface area contributed by atoms with E-state index in [4.69, 9.17) is 9.97 Å². The van der Waals surface area contributed by atoms with Crippen LogP contribution in [0.2, 0.25) is 0 Å². The predicted octanol–water partition coefficient (Wildman–Crippen LogP) is 7.27. The summed E-state index contributed by atoms with van der Waals surface area (Å²) < 4.78 is 0. The van der Waals surface area contributed by atoms with Crippen molar-refractivity contribution < 1.29 is 14.7 Å². The van der Waals surface area contributed by atoms with Gasteiger partial charge in [-0.05, 0) is 105 Å². The lowest BCUT2D eigenvalue weighted by Crippen LogP contribution is -2.26. The number of hydrogen-bond donors (Lipinski definition) is 5. The minimum atomic E-state index is -0.132. The minimum Gasteiger partial charge on any atom is -0.395 e. The van der Waals surface area contributed by atoms with Crippen LogP contribution in [0.4, 0.5) is 0 Å². The molecule has 250 valence electrons. The van der Waals surface area contributed by atoms with Gasteiger partial charge in [0, 0.05) is 59.1 Å². The Hall–Kier alpha value is -5.02. The van der Waals surface area contributed by atoms with Crippen LogP contribution < -0.4 is 10.6 Å². The number of aromatic nitrogens is 4. The summed E-state index contributed by atoms with van der Waals surface area (Å²) in [6.07, 6.45) is 6.20. The molecule has 0 atom stereocenters. The molecule has 0 fully saturated rings. The van der Waals surface area contributed by atoms with E-state index in [0.717, 1.165) is 95.8 Å². The Morgan fingerprint density at radius 2 is 1.17 bits per heavy atom. The number of H-pyrrole nitrogens is 2. The molecule has 2 aliphatic rings. The number of carbonyl (C=O) groups excluding carboxylic acids is 2. The zero-order valence-corrected chi connectivity index (χ0v) is 28.7.